The van der Waals surface area contributed by atoms with E-state index in [-0.39, 0.29) is 36.2 Å². The van der Waals surface area contributed by atoms with Gasteiger partial charge in [0, 0.05) is 19.3 Å². The number of carbonyl (C=O) groups excluding carboxylic acids is 2. The van der Waals surface area contributed by atoms with Crippen molar-refractivity contribution in [2.45, 2.75) is 187 Å². The molecule has 0 bridgehead atoms. The van der Waals surface area contributed by atoms with Crippen molar-refractivity contribution in [3.63, 3.8) is 0 Å². The van der Waals surface area contributed by atoms with E-state index in [2.05, 4.69) is 38.2 Å². The lowest BCUT2D eigenvalue weighted by Crippen LogP contribution is -2.50. The fourth-order valence-corrected chi connectivity index (χ4v) is 5.87. The Labute approximate surface area is 307 Å². The van der Waals surface area contributed by atoms with Gasteiger partial charge in [-0.1, -0.05) is 141 Å². The van der Waals surface area contributed by atoms with E-state index in [1.165, 1.54) is 77.0 Å². The van der Waals surface area contributed by atoms with Crippen LogP contribution < -0.4 is 0 Å². The van der Waals surface area contributed by atoms with Gasteiger partial charge >= 0.3 is 17.9 Å². The minimum Gasteiger partial charge on any atom is -0.477 e. The monoisotopic (exact) mass is 709 g/mol. The summed E-state index contributed by atoms with van der Waals surface area (Å²) in [5.74, 6) is -1.48. The van der Waals surface area contributed by atoms with E-state index in [1.54, 1.807) is 0 Å². The molecule has 0 aliphatic rings. The number of allylic oxidation sites excluding steroid dienone is 4. The number of unbranched alkanes of at least 4 members (excludes halogenated alkanes) is 18. The molecule has 0 saturated carbocycles. The topological polar surface area (TPSA) is 99.1 Å². The van der Waals surface area contributed by atoms with Gasteiger partial charge in [-0.3, -0.25) is 9.59 Å². The van der Waals surface area contributed by atoms with Gasteiger partial charge in [-0.15, -0.1) is 0 Å². The van der Waals surface area contributed by atoms with E-state index in [0.717, 1.165) is 64.2 Å². The second-order valence-corrected chi connectivity index (χ2v) is 14.9. The number of hydrogen-bond donors (Lipinski definition) is 1. The van der Waals surface area contributed by atoms with Gasteiger partial charge in [0.1, 0.15) is 6.61 Å². The van der Waals surface area contributed by atoms with Crippen LogP contribution in [0.1, 0.15) is 174 Å². The Morgan fingerprint density at radius 1 is 0.600 bits per heavy atom. The van der Waals surface area contributed by atoms with Crippen LogP contribution in [0.2, 0.25) is 0 Å². The van der Waals surface area contributed by atoms with Crippen LogP contribution in [-0.4, -0.2) is 80.6 Å². The summed E-state index contributed by atoms with van der Waals surface area (Å²) in [6, 6.07) is -0.613. The third-order valence-electron chi connectivity index (χ3n) is 9.10. The Kier molecular flexibility index (Phi) is 32.4. The third-order valence-corrected chi connectivity index (χ3v) is 9.10. The molecule has 0 aromatic carbocycles. The lowest BCUT2D eigenvalue weighted by atomic mass is 10.0. The van der Waals surface area contributed by atoms with Crippen LogP contribution in [0.5, 0.6) is 0 Å². The zero-order chi connectivity index (χ0) is 37.1. The highest BCUT2D eigenvalue weighted by Gasteiger charge is 2.31. The molecule has 2 unspecified atom stereocenters. The molecule has 0 amide bonds. The predicted octanol–water partition coefficient (Wildman–Crippen LogP) is 10.5. The van der Waals surface area contributed by atoms with Crippen molar-refractivity contribution in [2.24, 2.45) is 0 Å². The van der Waals surface area contributed by atoms with Crippen LogP contribution in [0.3, 0.4) is 0 Å². The SMILES string of the molecule is CCCC/C=C\C/C=C\CCCCCCCC(=O)OC(COCCC(C(=O)O)[N+](C)(C)C)COC(=O)CCCCCCCCCCCCCC. The minimum absolute atomic E-state index is 0.0530. The van der Waals surface area contributed by atoms with Crippen molar-refractivity contribution in [1.82, 2.24) is 0 Å². The van der Waals surface area contributed by atoms with Gasteiger partial charge < -0.3 is 23.8 Å². The molecular formula is C42H78NO7+. The fourth-order valence-electron chi connectivity index (χ4n) is 5.87. The number of aliphatic carboxylic acids is 1. The second kappa shape index (κ2) is 33.9. The van der Waals surface area contributed by atoms with E-state index in [4.69, 9.17) is 14.2 Å². The molecular weight excluding hydrogens is 630 g/mol. The number of nitrogens with zero attached hydrogens (tertiary/aromatic N) is 1. The maximum atomic E-state index is 12.7. The van der Waals surface area contributed by atoms with E-state index < -0.39 is 18.1 Å². The summed E-state index contributed by atoms with van der Waals surface area (Å²) >= 11 is 0. The Morgan fingerprint density at radius 3 is 1.60 bits per heavy atom. The Bertz CT molecular complexity index is 880. The molecule has 8 nitrogen and oxygen atoms in total. The number of likely N-dealkylation sites (N-methyl/N-ethyl adjacent to an activating group) is 1. The molecule has 0 saturated heterocycles. The number of carboxylic acid groups (broad SMARTS) is 1. The Hall–Kier alpha value is -2.19. The Balaban J connectivity index is 4.41. The van der Waals surface area contributed by atoms with E-state index in [9.17, 15) is 19.5 Å². The number of quaternary nitrogens is 1. The highest BCUT2D eigenvalue weighted by molar-refractivity contribution is 5.72. The average Bonchev–Trinajstić information content (AvgIpc) is 3.06. The van der Waals surface area contributed by atoms with Crippen molar-refractivity contribution >= 4 is 17.9 Å². The molecule has 50 heavy (non-hydrogen) atoms. The lowest BCUT2D eigenvalue weighted by Gasteiger charge is -2.31. The molecule has 1 N–H and O–H groups in total. The summed E-state index contributed by atoms with van der Waals surface area (Å²) in [7, 11) is 5.52. The van der Waals surface area contributed by atoms with Gasteiger partial charge in [0.05, 0.1) is 34.4 Å². The number of esters is 2. The molecule has 0 radical (unpaired) electrons. The van der Waals surface area contributed by atoms with E-state index in [1.807, 2.05) is 21.1 Å². The number of carboxylic acids is 1. The van der Waals surface area contributed by atoms with Crippen molar-refractivity contribution < 1.29 is 38.2 Å². The molecule has 292 valence electrons. The first-order valence-electron chi connectivity index (χ1n) is 20.4. The summed E-state index contributed by atoms with van der Waals surface area (Å²) < 4.78 is 17.2. The smallest absolute Gasteiger partial charge is 0.362 e. The fraction of sp³-hybridized carbons (Fsp3) is 0.833. The summed E-state index contributed by atoms with van der Waals surface area (Å²) in [6.07, 6.45) is 34.9. The number of carbonyl (C=O) groups is 3. The molecule has 0 spiro atoms. The van der Waals surface area contributed by atoms with Crippen LogP contribution in [0.25, 0.3) is 0 Å². The first-order valence-corrected chi connectivity index (χ1v) is 20.4. The van der Waals surface area contributed by atoms with Crippen molar-refractivity contribution in [3.8, 4) is 0 Å². The Morgan fingerprint density at radius 2 is 1.08 bits per heavy atom. The van der Waals surface area contributed by atoms with Crippen LogP contribution in [0.15, 0.2) is 24.3 Å². The molecule has 0 aliphatic carbocycles. The average molecular weight is 709 g/mol. The predicted molar refractivity (Wildman–Crippen MR) is 206 cm³/mol. The summed E-state index contributed by atoms with van der Waals surface area (Å²) in [4.78, 5) is 36.8. The van der Waals surface area contributed by atoms with Gasteiger partial charge in [0.25, 0.3) is 0 Å². The second-order valence-electron chi connectivity index (χ2n) is 14.9. The molecule has 0 aromatic heterocycles. The third kappa shape index (κ3) is 31.8. The zero-order valence-corrected chi connectivity index (χ0v) is 33.1. The maximum Gasteiger partial charge on any atom is 0.362 e. The first-order chi connectivity index (χ1) is 24.1. The van der Waals surface area contributed by atoms with E-state index in [0.29, 0.717) is 19.3 Å². The number of rotatable bonds is 36. The van der Waals surface area contributed by atoms with Crippen molar-refractivity contribution in [1.29, 1.82) is 0 Å². The highest BCUT2D eigenvalue weighted by Crippen LogP contribution is 2.14. The molecule has 0 aromatic rings. The zero-order valence-electron chi connectivity index (χ0n) is 33.1. The van der Waals surface area contributed by atoms with Gasteiger partial charge in [0.15, 0.2) is 12.1 Å². The quantitative estimate of drug-likeness (QED) is 0.0299. The van der Waals surface area contributed by atoms with Crippen LogP contribution in [0.4, 0.5) is 0 Å². The van der Waals surface area contributed by atoms with Gasteiger partial charge in [-0.05, 0) is 38.5 Å². The van der Waals surface area contributed by atoms with E-state index >= 15 is 0 Å². The number of hydrogen-bond acceptors (Lipinski definition) is 6. The first kappa shape index (κ1) is 47.8. The van der Waals surface area contributed by atoms with Crippen LogP contribution in [0, 0.1) is 0 Å². The maximum absolute atomic E-state index is 12.7. The molecule has 0 rings (SSSR count). The molecule has 2 atom stereocenters. The van der Waals surface area contributed by atoms with Crippen LogP contribution in [-0.2, 0) is 28.6 Å². The van der Waals surface area contributed by atoms with Gasteiger partial charge in [0.2, 0.25) is 0 Å². The van der Waals surface area contributed by atoms with Gasteiger partial charge in [-0.25, -0.2) is 4.79 Å². The molecule has 0 heterocycles. The molecule has 8 heteroatoms. The summed E-state index contributed by atoms with van der Waals surface area (Å²) in [5, 5.41) is 9.59. The molecule has 0 fully saturated rings. The molecule has 0 aliphatic heterocycles. The lowest BCUT2D eigenvalue weighted by molar-refractivity contribution is -0.887. The largest absolute Gasteiger partial charge is 0.477 e. The van der Waals surface area contributed by atoms with Crippen LogP contribution >= 0.6 is 0 Å². The van der Waals surface area contributed by atoms with Crippen molar-refractivity contribution in [2.75, 3.05) is 41.0 Å². The van der Waals surface area contributed by atoms with Gasteiger partial charge in [-0.2, -0.15) is 0 Å². The number of ether oxygens (including phenoxy) is 3. The normalized spacial score (nSPS) is 13.2. The standard InChI is InChI=1S/C42H77NO7/c1-6-8-10-12-14-16-18-20-21-23-25-27-29-31-33-41(45)50-38(36-48-35-34-39(42(46)47)43(3,4)5)37-49-40(44)32-30-28-26-24-22-19-17-15-13-11-9-7-2/h12,14,18,20,38-39H,6-11,13,15-17,19,21-37H2,1-5H3/p+1/b14-12-,20-18-. The summed E-state index contributed by atoms with van der Waals surface area (Å²) in [6.45, 7) is 4.68. The minimum atomic E-state index is -0.877. The summed E-state index contributed by atoms with van der Waals surface area (Å²) in [5.41, 5.74) is 0. The highest BCUT2D eigenvalue weighted by atomic mass is 16.6. The van der Waals surface area contributed by atoms with Crippen molar-refractivity contribution in [3.05, 3.63) is 24.3 Å².